The topological polar surface area (TPSA) is 93.8 Å². The smallest absolute Gasteiger partial charge is 0.257 e. The van der Waals surface area contributed by atoms with Crippen LogP contribution in [0.2, 0.25) is 0 Å². The summed E-state index contributed by atoms with van der Waals surface area (Å²) in [5, 5.41) is 3.58. The number of nitrogen functional groups attached to an aromatic ring is 1. The summed E-state index contributed by atoms with van der Waals surface area (Å²) in [4.78, 5) is 27.2. The first kappa shape index (κ1) is 20.6. The average molecular weight is 434 g/mol. The zero-order chi connectivity index (χ0) is 22.0. The molecule has 31 heavy (non-hydrogen) atoms. The summed E-state index contributed by atoms with van der Waals surface area (Å²) in [5.74, 6) is -0.00908. The lowest BCUT2D eigenvalue weighted by atomic mass is 10.1. The van der Waals surface area contributed by atoms with Crippen molar-refractivity contribution < 1.29 is 9.18 Å². The van der Waals surface area contributed by atoms with Gasteiger partial charge in [0.1, 0.15) is 28.2 Å². The van der Waals surface area contributed by atoms with Crippen molar-refractivity contribution in [2.75, 3.05) is 11.1 Å². The van der Waals surface area contributed by atoms with Crippen LogP contribution in [0.1, 0.15) is 27.7 Å². The Bertz CT molecular complexity index is 1250. The molecule has 0 unspecified atom stereocenters. The van der Waals surface area contributed by atoms with Gasteiger partial charge in [-0.2, -0.15) is 0 Å². The fourth-order valence-electron chi connectivity index (χ4n) is 3.12. The van der Waals surface area contributed by atoms with Crippen LogP contribution in [0, 0.1) is 12.7 Å². The maximum atomic E-state index is 13.8. The second kappa shape index (κ2) is 8.61. The normalized spacial score (nSPS) is 10.8. The Morgan fingerprint density at radius 2 is 1.94 bits per heavy atom. The molecule has 0 aliphatic heterocycles. The molecule has 0 spiro atoms. The molecule has 6 nitrogen and oxygen atoms in total. The molecule has 0 radical (unpaired) electrons. The third-order valence-electron chi connectivity index (χ3n) is 4.80. The van der Waals surface area contributed by atoms with Crippen LogP contribution in [-0.4, -0.2) is 20.9 Å². The highest BCUT2D eigenvalue weighted by molar-refractivity contribution is 7.15. The third kappa shape index (κ3) is 4.29. The quantitative estimate of drug-likeness (QED) is 0.456. The number of hydrogen-bond donors (Lipinski definition) is 2. The number of pyridine rings is 2. The molecule has 0 saturated heterocycles. The van der Waals surface area contributed by atoms with Crippen molar-refractivity contribution in [2.24, 2.45) is 0 Å². The standard InChI is InChI=1S/C23H20FN5OS/c1-3-18-21(29-23(31-18)14-10-11-19(25)26-12-14)17-8-5-9-20(27-17)28-22(30)15-6-4-7-16(24)13(15)2/h4-12H,3H2,1-2H3,(H2,25,26)(H,27,28,30). The second-order valence-electron chi connectivity index (χ2n) is 6.89. The number of amides is 1. The Hall–Kier alpha value is -3.65. The maximum Gasteiger partial charge on any atom is 0.257 e. The lowest BCUT2D eigenvalue weighted by Gasteiger charge is -2.09. The first-order valence-corrected chi connectivity index (χ1v) is 10.5. The lowest BCUT2D eigenvalue weighted by Crippen LogP contribution is -2.15. The van der Waals surface area contributed by atoms with Gasteiger partial charge in [0.05, 0.1) is 5.69 Å². The molecule has 4 rings (SSSR count). The van der Waals surface area contributed by atoms with Gasteiger partial charge >= 0.3 is 0 Å². The summed E-state index contributed by atoms with van der Waals surface area (Å²) < 4.78 is 13.8. The van der Waals surface area contributed by atoms with Gasteiger partial charge in [0.15, 0.2) is 0 Å². The number of aromatic nitrogens is 3. The van der Waals surface area contributed by atoms with Crippen molar-refractivity contribution >= 4 is 28.9 Å². The van der Waals surface area contributed by atoms with Crippen molar-refractivity contribution in [3.8, 4) is 22.0 Å². The van der Waals surface area contributed by atoms with Crippen molar-refractivity contribution in [3.63, 3.8) is 0 Å². The monoisotopic (exact) mass is 433 g/mol. The fourth-order valence-corrected chi connectivity index (χ4v) is 4.12. The van der Waals surface area contributed by atoms with E-state index in [1.165, 1.54) is 12.1 Å². The van der Waals surface area contributed by atoms with Gasteiger partial charge in [-0.05, 0) is 55.3 Å². The molecule has 0 fully saturated rings. The second-order valence-corrected chi connectivity index (χ2v) is 7.97. The number of aryl methyl sites for hydroxylation is 1. The van der Waals surface area contributed by atoms with Gasteiger partial charge in [-0.3, -0.25) is 4.79 Å². The SMILES string of the molecule is CCc1sc(-c2ccc(N)nc2)nc1-c1cccc(NC(=O)c2cccc(F)c2C)n1. The molecule has 8 heteroatoms. The van der Waals surface area contributed by atoms with Crippen molar-refractivity contribution in [1.29, 1.82) is 0 Å². The highest BCUT2D eigenvalue weighted by atomic mass is 32.1. The predicted octanol–water partition coefficient (Wildman–Crippen LogP) is 5.11. The van der Waals surface area contributed by atoms with E-state index < -0.39 is 11.7 Å². The number of carbonyl (C=O) groups excluding carboxylic acids is 1. The van der Waals surface area contributed by atoms with Gasteiger partial charge in [-0.15, -0.1) is 11.3 Å². The minimum absolute atomic E-state index is 0.272. The number of benzene rings is 1. The van der Waals surface area contributed by atoms with Crippen molar-refractivity contribution in [2.45, 2.75) is 20.3 Å². The Morgan fingerprint density at radius 1 is 1.13 bits per heavy atom. The highest BCUT2D eigenvalue weighted by Crippen LogP contribution is 2.33. The number of rotatable bonds is 5. The Balaban J connectivity index is 1.64. The number of nitrogens with two attached hydrogens (primary N) is 1. The van der Waals surface area contributed by atoms with E-state index in [1.54, 1.807) is 48.7 Å². The number of carbonyl (C=O) groups is 1. The highest BCUT2D eigenvalue weighted by Gasteiger charge is 2.16. The van der Waals surface area contributed by atoms with Crippen LogP contribution < -0.4 is 11.1 Å². The summed E-state index contributed by atoms with van der Waals surface area (Å²) in [6.07, 6.45) is 2.49. The lowest BCUT2D eigenvalue weighted by molar-refractivity contribution is 0.102. The summed E-state index contributed by atoms with van der Waals surface area (Å²) in [5.41, 5.74) is 8.54. The summed E-state index contributed by atoms with van der Waals surface area (Å²) in [6.45, 7) is 3.63. The molecule has 0 atom stereocenters. The van der Waals surface area contributed by atoms with E-state index in [-0.39, 0.29) is 5.56 Å². The van der Waals surface area contributed by atoms with Crippen LogP contribution in [0.15, 0.2) is 54.7 Å². The van der Waals surface area contributed by atoms with E-state index in [2.05, 4.69) is 22.2 Å². The Labute approximate surface area is 183 Å². The van der Waals surface area contributed by atoms with Gasteiger partial charge in [-0.1, -0.05) is 19.1 Å². The molecule has 3 heterocycles. The largest absolute Gasteiger partial charge is 0.384 e. The van der Waals surface area contributed by atoms with E-state index in [0.29, 0.717) is 22.9 Å². The zero-order valence-electron chi connectivity index (χ0n) is 17.0. The number of anilines is 2. The Kier molecular flexibility index (Phi) is 5.73. The molecule has 1 amide bonds. The fraction of sp³-hybridized carbons (Fsp3) is 0.130. The molecular formula is C23H20FN5OS. The van der Waals surface area contributed by atoms with Crippen LogP contribution in [-0.2, 0) is 6.42 Å². The van der Waals surface area contributed by atoms with Gasteiger partial charge in [0.2, 0.25) is 0 Å². The summed E-state index contributed by atoms with van der Waals surface area (Å²) in [7, 11) is 0. The molecule has 0 bridgehead atoms. The molecule has 0 saturated carbocycles. The van der Waals surface area contributed by atoms with E-state index in [4.69, 9.17) is 10.7 Å². The van der Waals surface area contributed by atoms with Gasteiger partial charge in [0, 0.05) is 22.2 Å². The molecule has 0 aliphatic rings. The minimum Gasteiger partial charge on any atom is -0.384 e. The number of hydrogen-bond acceptors (Lipinski definition) is 6. The van der Waals surface area contributed by atoms with Gasteiger partial charge in [0.25, 0.3) is 5.91 Å². The molecule has 156 valence electrons. The third-order valence-corrected chi connectivity index (χ3v) is 6.05. The first-order valence-electron chi connectivity index (χ1n) is 9.71. The first-order chi connectivity index (χ1) is 15.0. The van der Waals surface area contributed by atoms with Crippen LogP contribution in [0.5, 0.6) is 0 Å². The van der Waals surface area contributed by atoms with Crippen LogP contribution >= 0.6 is 11.3 Å². The minimum atomic E-state index is -0.422. The molecule has 1 aromatic carbocycles. The van der Waals surface area contributed by atoms with E-state index in [9.17, 15) is 9.18 Å². The Morgan fingerprint density at radius 3 is 2.68 bits per heavy atom. The maximum absolute atomic E-state index is 13.8. The van der Waals surface area contributed by atoms with Gasteiger partial charge in [-0.25, -0.2) is 19.3 Å². The van der Waals surface area contributed by atoms with Crippen LogP contribution in [0.25, 0.3) is 22.0 Å². The van der Waals surface area contributed by atoms with E-state index >= 15 is 0 Å². The number of halogens is 1. The van der Waals surface area contributed by atoms with Gasteiger partial charge < -0.3 is 11.1 Å². The summed E-state index contributed by atoms with van der Waals surface area (Å²) >= 11 is 1.57. The van der Waals surface area contributed by atoms with E-state index in [0.717, 1.165) is 27.6 Å². The zero-order valence-corrected chi connectivity index (χ0v) is 17.8. The van der Waals surface area contributed by atoms with E-state index in [1.807, 2.05) is 12.1 Å². The molecule has 0 aliphatic carbocycles. The number of nitrogens with zero attached hydrogens (tertiary/aromatic N) is 3. The van der Waals surface area contributed by atoms with Crippen molar-refractivity contribution in [3.05, 3.63) is 76.5 Å². The summed E-state index contributed by atoms with van der Waals surface area (Å²) in [6, 6.07) is 13.4. The molecule has 3 aromatic heterocycles. The van der Waals surface area contributed by atoms with Crippen molar-refractivity contribution in [1.82, 2.24) is 15.0 Å². The number of thiazole rings is 1. The number of nitrogens with one attached hydrogen (secondary N) is 1. The molecular weight excluding hydrogens is 413 g/mol. The average Bonchev–Trinajstić information content (AvgIpc) is 3.21. The van der Waals surface area contributed by atoms with Crippen LogP contribution in [0.4, 0.5) is 16.0 Å². The van der Waals surface area contributed by atoms with Crippen LogP contribution in [0.3, 0.4) is 0 Å². The predicted molar refractivity (Wildman–Crippen MR) is 121 cm³/mol. The molecule has 3 N–H and O–H groups in total. The molecule has 4 aromatic rings.